The largest absolute Gasteiger partial charge is 0.388 e. The molecule has 1 fully saturated rings. The molecule has 1 aromatic rings. The number of hydrogen-bond acceptors (Lipinski definition) is 2. The SMILES string of the molecule is O=C1Cc2cc(C(O)C3CCCCCCC3)ccc2N1. The molecule has 1 heterocycles. The predicted octanol–water partition coefficient (Wildman–Crippen LogP) is 3.58. The number of aliphatic hydroxyl groups excluding tert-OH is 1. The fourth-order valence-electron chi connectivity index (χ4n) is 3.51. The molecule has 2 N–H and O–H groups in total. The van der Waals surface area contributed by atoms with Crippen LogP contribution in [0.1, 0.15) is 62.2 Å². The van der Waals surface area contributed by atoms with E-state index in [1.54, 1.807) is 0 Å². The van der Waals surface area contributed by atoms with Crippen molar-refractivity contribution in [2.75, 3.05) is 5.32 Å². The third-order valence-electron chi connectivity index (χ3n) is 4.69. The van der Waals surface area contributed by atoms with Gasteiger partial charge < -0.3 is 10.4 Å². The van der Waals surface area contributed by atoms with E-state index in [0.29, 0.717) is 12.3 Å². The van der Waals surface area contributed by atoms with Gasteiger partial charge in [-0.1, -0.05) is 44.2 Å². The zero-order valence-corrected chi connectivity index (χ0v) is 11.9. The van der Waals surface area contributed by atoms with Crippen LogP contribution in [-0.2, 0) is 11.2 Å². The predicted molar refractivity (Wildman–Crippen MR) is 79.5 cm³/mol. The maximum Gasteiger partial charge on any atom is 0.228 e. The lowest BCUT2D eigenvalue weighted by Crippen LogP contribution is -2.14. The van der Waals surface area contributed by atoms with E-state index in [1.165, 1.54) is 32.1 Å². The molecule has 3 nitrogen and oxygen atoms in total. The molecule has 1 aliphatic heterocycles. The smallest absolute Gasteiger partial charge is 0.228 e. The highest BCUT2D eigenvalue weighted by molar-refractivity contribution is 5.99. The second-order valence-corrected chi connectivity index (χ2v) is 6.19. The molecule has 0 radical (unpaired) electrons. The van der Waals surface area contributed by atoms with E-state index in [9.17, 15) is 9.90 Å². The lowest BCUT2D eigenvalue weighted by Gasteiger charge is -2.25. The molecule has 20 heavy (non-hydrogen) atoms. The first-order valence-corrected chi connectivity index (χ1v) is 7.85. The van der Waals surface area contributed by atoms with E-state index in [1.807, 2.05) is 18.2 Å². The lowest BCUT2D eigenvalue weighted by atomic mass is 9.84. The standard InChI is InChI=1S/C17H23NO2/c19-16-11-14-10-13(8-9-15(14)18-16)17(20)12-6-4-2-1-3-5-7-12/h8-10,12,17,20H,1-7,11H2,(H,18,19). The first-order chi connectivity index (χ1) is 9.74. The van der Waals surface area contributed by atoms with Gasteiger partial charge in [-0.05, 0) is 36.0 Å². The molecule has 1 unspecified atom stereocenters. The van der Waals surface area contributed by atoms with Gasteiger partial charge in [0.25, 0.3) is 0 Å². The Kier molecular flexibility index (Phi) is 4.06. The average molecular weight is 273 g/mol. The number of amides is 1. The van der Waals surface area contributed by atoms with Crippen LogP contribution >= 0.6 is 0 Å². The fourth-order valence-corrected chi connectivity index (χ4v) is 3.51. The van der Waals surface area contributed by atoms with Crippen molar-refractivity contribution in [2.45, 2.75) is 57.5 Å². The summed E-state index contributed by atoms with van der Waals surface area (Å²) >= 11 is 0. The van der Waals surface area contributed by atoms with E-state index in [4.69, 9.17) is 0 Å². The van der Waals surface area contributed by atoms with Crippen LogP contribution < -0.4 is 5.32 Å². The van der Waals surface area contributed by atoms with E-state index in [2.05, 4.69) is 5.32 Å². The van der Waals surface area contributed by atoms with Crippen molar-refractivity contribution >= 4 is 11.6 Å². The summed E-state index contributed by atoms with van der Waals surface area (Å²) in [7, 11) is 0. The quantitative estimate of drug-likeness (QED) is 0.865. The van der Waals surface area contributed by atoms with Crippen LogP contribution in [0.3, 0.4) is 0 Å². The van der Waals surface area contributed by atoms with Gasteiger partial charge in [0.1, 0.15) is 0 Å². The molecule has 0 aromatic heterocycles. The number of benzene rings is 1. The van der Waals surface area contributed by atoms with Crippen LogP contribution in [0.25, 0.3) is 0 Å². The number of anilines is 1. The number of aliphatic hydroxyl groups is 1. The Morgan fingerprint density at radius 3 is 2.55 bits per heavy atom. The van der Waals surface area contributed by atoms with E-state index < -0.39 is 0 Å². The first kappa shape index (κ1) is 13.6. The molecule has 3 heteroatoms. The normalized spacial score (nSPS) is 21.8. The Morgan fingerprint density at radius 2 is 1.80 bits per heavy atom. The minimum atomic E-state index is -0.380. The van der Waals surface area contributed by atoms with Gasteiger partial charge in [-0.3, -0.25) is 4.79 Å². The zero-order valence-electron chi connectivity index (χ0n) is 11.9. The van der Waals surface area contributed by atoms with Crippen LogP contribution in [0.5, 0.6) is 0 Å². The Bertz CT molecular complexity index is 490. The molecule has 1 aliphatic carbocycles. The van der Waals surface area contributed by atoms with Crippen LogP contribution in [-0.4, -0.2) is 11.0 Å². The van der Waals surface area contributed by atoms with Crippen molar-refractivity contribution in [3.05, 3.63) is 29.3 Å². The van der Waals surface area contributed by atoms with Crippen molar-refractivity contribution in [3.8, 4) is 0 Å². The van der Waals surface area contributed by atoms with Gasteiger partial charge in [0.2, 0.25) is 5.91 Å². The summed E-state index contributed by atoms with van der Waals surface area (Å²) < 4.78 is 0. The van der Waals surface area contributed by atoms with Crippen molar-refractivity contribution in [2.24, 2.45) is 5.92 Å². The number of hydrogen-bond donors (Lipinski definition) is 2. The maximum absolute atomic E-state index is 11.4. The van der Waals surface area contributed by atoms with Gasteiger partial charge in [0.05, 0.1) is 12.5 Å². The molecule has 108 valence electrons. The molecule has 2 aliphatic rings. The number of rotatable bonds is 2. The Labute approximate surface area is 120 Å². The van der Waals surface area contributed by atoms with E-state index >= 15 is 0 Å². The summed E-state index contributed by atoms with van der Waals surface area (Å²) in [5, 5.41) is 13.5. The summed E-state index contributed by atoms with van der Waals surface area (Å²) in [4.78, 5) is 11.4. The fraction of sp³-hybridized carbons (Fsp3) is 0.588. The van der Waals surface area contributed by atoms with Crippen molar-refractivity contribution in [1.82, 2.24) is 0 Å². The van der Waals surface area contributed by atoms with Gasteiger partial charge in [-0.25, -0.2) is 0 Å². The second kappa shape index (κ2) is 5.96. The highest BCUT2D eigenvalue weighted by Crippen LogP contribution is 2.35. The lowest BCUT2D eigenvalue weighted by molar-refractivity contribution is -0.115. The third kappa shape index (κ3) is 2.88. The van der Waals surface area contributed by atoms with Gasteiger partial charge in [-0.2, -0.15) is 0 Å². The number of fused-ring (bicyclic) bond motifs is 1. The average Bonchev–Trinajstić information content (AvgIpc) is 2.76. The highest BCUT2D eigenvalue weighted by Gasteiger charge is 2.24. The molecular formula is C17H23NO2. The molecule has 0 saturated heterocycles. The molecular weight excluding hydrogens is 250 g/mol. The molecule has 1 saturated carbocycles. The molecule has 0 spiro atoms. The molecule has 1 atom stereocenters. The minimum absolute atomic E-state index is 0.0533. The summed E-state index contributed by atoms with van der Waals surface area (Å²) in [6.07, 6.45) is 8.70. The Balaban J connectivity index is 1.74. The van der Waals surface area contributed by atoms with Crippen molar-refractivity contribution < 1.29 is 9.90 Å². The van der Waals surface area contributed by atoms with Crippen LogP contribution in [0.2, 0.25) is 0 Å². The zero-order chi connectivity index (χ0) is 13.9. The van der Waals surface area contributed by atoms with Gasteiger partial charge >= 0.3 is 0 Å². The molecule has 1 amide bonds. The number of nitrogens with one attached hydrogen (secondary N) is 1. The van der Waals surface area contributed by atoms with Crippen LogP contribution in [0.15, 0.2) is 18.2 Å². The highest BCUT2D eigenvalue weighted by atomic mass is 16.3. The van der Waals surface area contributed by atoms with E-state index in [0.717, 1.165) is 29.7 Å². The number of carbonyl (C=O) groups excluding carboxylic acids is 1. The Morgan fingerprint density at radius 1 is 1.10 bits per heavy atom. The third-order valence-corrected chi connectivity index (χ3v) is 4.69. The topological polar surface area (TPSA) is 49.3 Å². The summed E-state index contributed by atoms with van der Waals surface area (Å²) in [5.74, 6) is 0.427. The maximum atomic E-state index is 11.4. The van der Waals surface area contributed by atoms with Crippen molar-refractivity contribution in [1.29, 1.82) is 0 Å². The monoisotopic (exact) mass is 273 g/mol. The Hall–Kier alpha value is -1.35. The first-order valence-electron chi connectivity index (χ1n) is 7.85. The van der Waals surface area contributed by atoms with E-state index in [-0.39, 0.29) is 12.0 Å². The minimum Gasteiger partial charge on any atom is -0.388 e. The second-order valence-electron chi connectivity index (χ2n) is 6.19. The summed E-state index contributed by atoms with van der Waals surface area (Å²) in [6.45, 7) is 0. The van der Waals surface area contributed by atoms with Gasteiger partial charge in [0.15, 0.2) is 0 Å². The summed E-state index contributed by atoms with van der Waals surface area (Å²) in [5.41, 5.74) is 2.91. The van der Waals surface area contributed by atoms with Crippen molar-refractivity contribution in [3.63, 3.8) is 0 Å². The molecule has 3 rings (SSSR count). The van der Waals surface area contributed by atoms with Crippen LogP contribution in [0, 0.1) is 5.92 Å². The molecule has 0 bridgehead atoms. The summed E-state index contributed by atoms with van der Waals surface area (Å²) in [6, 6.07) is 5.91. The van der Waals surface area contributed by atoms with Crippen LogP contribution in [0.4, 0.5) is 5.69 Å². The molecule has 1 aromatic carbocycles. The van der Waals surface area contributed by atoms with Gasteiger partial charge in [0, 0.05) is 5.69 Å². The van der Waals surface area contributed by atoms with Gasteiger partial charge in [-0.15, -0.1) is 0 Å². The number of carbonyl (C=O) groups is 1.